The number of hydrogen-bond donors (Lipinski definition) is 1. The van der Waals surface area contributed by atoms with Crippen molar-refractivity contribution >= 4 is 16.7 Å². The van der Waals surface area contributed by atoms with Crippen molar-refractivity contribution in [3.63, 3.8) is 0 Å². The molecule has 3 aromatic rings. The van der Waals surface area contributed by atoms with E-state index in [4.69, 9.17) is 0 Å². The number of nitrogens with one attached hydrogen (secondary N) is 1. The molecule has 1 aromatic carbocycles. The molecular weight excluding hydrogens is 214 g/mol. The predicted octanol–water partition coefficient (Wildman–Crippen LogP) is 2.17. The summed E-state index contributed by atoms with van der Waals surface area (Å²) in [6.07, 6.45) is 3.33. The maximum absolute atomic E-state index is 12.3. The fraction of sp³-hybridized carbons (Fsp3) is 0. The van der Waals surface area contributed by atoms with Gasteiger partial charge < -0.3 is 0 Å². The Morgan fingerprint density at radius 2 is 2.00 bits per heavy atom. The highest BCUT2D eigenvalue weighted by Gasteiger charge is 2.26. The van der Waals surface area contributed by atoms with E-state index in [9.17, 15) is 4.79 Å². The quantitative estimate of drug-likeness (QED) is 0.495. The number of fused-ring (bicyclic) bond motifs is 2. The van der Waals surface area contributed by atoms with E-state index in [0.29, 0.717) is 11.1 Å². The van der Waals surface area contributed by atoms with Crippen molar-refractivity contribution in [3.8, 4) is 11.3 Å². The third kappa shape index (κ3) is 0.945. The lowest BCUT2D eigenvalue weighted by atomic mass is 9.89. The first-order valence-corrected chi connectivity index (χ1v) is 5.32. The molecule has 1 N–H and O–H groups in total. The van der Waals surface area contributed by atoms with Gasteiger partial charge in [0.15, 0.2) is 5.78 Å². The van der Waals surface area contributed by atoms with Crippen LogP contribution in [0.3, 0.4) is 0 Å². The average Bonchev–Trinajstić information content (AvgIpc) is 2.81. The van der Waals surface area contributed by atoms with Gasteiger partial charge >= 0.3 is 0 Å². The fourth-order valence-corrected chi connectivity index (χ4v) is 2.38. The number of benzene rings is 1. The summed E-state index contributed by atoms with van der Waals surface area (Å²) in [6.45, 7) is 0. The summed E-state index contributed by atoms with van der Waals surface area (Å²) >= 11 is 0. The molecule has 4 nitrogen and oxygen atoms in total. The van der Waals surface area contributed by atoms with Crippen LogP contribution in [0.25, 0.3) is 22.2 Å². The molecule has 1 aliphatic carbocycles. The van der Waals surface area contributed by atoms with Gasteiger partial charge in [-0.2, -0.15) is 5.10 Å². The van der Waals surface area contributed by atoms with E-state index in [-0.39, 0.29) is 5.78 Å². The topological polar surface area (TPSA) is 58.6 Å². The third-order valence-electron chi connectivity index (χ3n) is 3.15. The van der Waals surface area contributed by atoms with Gasteiger partial charge in [-0.05, 0) is 12.1 Å². The molecule has 0 bridgehead atoms. The molecular formula is C13H7N3O. The Balaban J connectivity index is 2.27. The molecule has 4 heteroatoms. The van der Waals surface area contributed by atoms with Crippen LogP contribution in [0.15, 0.2) is 36.7 Å². The van der Waals surface area contributed by atoms with Crippen LogP contribution in [0.1, 0.15) is 15.9 Å². The van der Waals surface area contributed by atoms with Crippen LogP contribution in [-0.2, 0) is 0 Å². The number of carbonyl (C=O) groups excluding carboxylic acids is 1. The second kappa shape index (κ2) is 2.79. The van der Waals surface area contributed by atoms with E-state index in [1.165, 1.54) is 0 Å². The molecule has 0 saturated carbocycles. The SMILES string of the molecule is O=C1c2ccncc2-c2n[nH]c3cccc1c23. The molecule has 4 rings (SSSR count). The largest absolute Gasteiger partial charge is 0.289 e. The van der Waals surface area contributed by atoms with E-state index < -0.39 is 0 Å². The number of aromatic amines is 1. The van der Waals surface area contributed by atoms with Crippen molar-refractivity contribution in [1.82, 2.24) is 15.2 Å². The summed E-state index contributed by atoms with van der Waals surface area (Å²) < 4.78 is 0. The summed E-state index contributed by atoms with van der Waals surface area (Å²) in [5.41, 5.74) is 3.90. The van der Waals surface area contributed by atoms with E-state index >= 15 is 0 Å². The van der Waals surface area contributed by atoms with Crippen molar-refractivity contribution in [3.05, 3.63) is 47.8 Å². The molecule has 0 spiro atoms. The maximum Gasteiger partial charge on any atom is 0.194 e. The highest BCUT2D eigenvalue weighted by molar-refractivity contribution is 6.24. The Hall–Kier alpha value is -2.49. The van der Waals surface area contributed by atoms with E-state index in [2.05, 4.69) is 15.2 Å². The van der Waals surface area contributed by atoms with Gasteiger partial charge in [0.2, 0.25) is 0 Å². The smallest absolute Gasteiger partial charge is 0.194 e. The van der Waals surface area contributed by atoms with Crippen LogP contribution in [0.5, 0.6) is 0 Å². The van der Waals surface area contributed by atoms with Crippen LogP contribution in [0.4, 0.5) is 0 Å². The monoisotopic (exact) mass is 221 g/mol. The molecule has 1 aliphatic rings. The third-order valence-corrected chi connectivity index (χ3v) is 3.15. The van der Waals surface area contributed by atoms with Gasteiger partial charge in [-0.15, -0.1) is 0 Å². The molecule has 0 radical (unpaired) electrons. The van der Waals surface area contributed by atoms with Crippen LogP contribution in [-0.4, -0.2) is 21.0 Å². The normalized spacial score (nSPS) is 12.8. The van der Waals surface area contributed by atoms with Crippen molar-refractivity contribution in [2.75, 3.05) is 0 Å². The second-order valence-corrected chi connectivity index (χ2v) is 4.05. The zero-order chi connectivity index (χ0) is 11.4. The van der Waals surface area contributed by atoms with Crippen molar-refractivity contribution < 1.29 is 4.79 Å². The zero-order valence-corrected chi connectivity index (χ0v) is 8.77. The van der Waals surface area contributed by atoms with E-state index in [1.54, 1.807) is 18.5 Å². The minimum absolute atomic E-state index is 0.0434. The molecule has 0 aliphatic heterocycles. The predicted molar refractivity (Wildman–Crippen MR) is 62.8 cm³/mol. The molecule has 80 valence electrons. The van der Waals surface area contributed by atoms with Gasteiger partial charge in [0, 0.05) is 34.5 Å². The summed E-state index contributed by atoms with van der Waals surface area (Å²) in [6, 6.07) is 7.37. The first kappa shape index (κ1) is 8.64. The van der Waals surface area contributed by atoms with Gasteiger partial charge in [-0.1, -0.05) is 12.1 Å². The Labute approximate surface area is 96.3 Å². The summed E-state index contributed by atoms with van der Waals surface area (Å²) in [7, 11) is 0. The number of nitrogens with zero attached hydrogens (tertiary/aromatic N) is 2. The first-order chi connectivity index (χ1) is 8.36. The van der Waals surface area contributed by atoms with Gasteiger partial charge in [0.1, 0.15) is 5.69 Å². The van der Waals surface area contributed by atoms with Crippen LogP contribution in [0.2, 0.25) is 0 Å². The highest BCUT2D eigenvalue weighted by atomic mass is 16.1. The van der Waals surface area contributed by atoms with Crippen LogP contribution >= 0.6 is 0 Å². The Kier molecular flexibility index (Phi) is 1.42. The molecule has 0 unspecified atom stereocenters. The molecule has 0 saturated heterocycles. The second-order valence-electron chi connectivity index (χ2n) is 4.05. The van der Waals surface area contributed by atoms with Gasteiger partial charge in [-0.25, -0.2) is 0 Å². The zero-order valence-electron chi connectivity index (χ0n) is 8.77. The number of pyridine rings is 1. The minimum Gasteiger partial charge on any atom is -0.289 e. The Morgan fingerprint density at radius 1 is 1.06 bits per heavy atom. The first-order valence-electron chi connectivity index (χ1n) is 5.32. The Bertz CT molecular complexity index is 773. The fourth-order valence-electron chi connectivity index (χ4n) is 2.38. The summed E-state index contributed by atoms with van der Waals surface area (Å²) in [4.78, 5) is 16.4. The van der Waals surface area contributed by atoms with E-state index in [0.717, 1.165) is 22.2 Å². The summed E-state index contributed by atoms with van der Waals surface area (Å²) in [5.74, 6) is 0.0434. The molecule has 0 amide bonds. The van der Waals surface area contributed by atoms with Crippen molar-refractivity contribution in [2.24, 2.45) is 0 Å². The van der Waals surface area contributed by atoms with Gasteiger partial charge in [0.05, 0.1) is 5.52 Å². The lowest BCUT2D eigenvalue weighted by molar-refractivity contribution is 0.104. The number of ketones is 1. The lowest BCUT2D eigenvalue weighted by Crippen LogP contribution is -2.09. The highest BCUT2D eigenvalue weighted by Crippen LogP contribution is 2.36. The lowest BCUT2D eigenvalue weighted by Gasteiger charge is -2.13. The number of H-pyrrole nitrogens is 1. The molecule has 2 heterocycles. The van der Waals surface area contributed by atoms with Crippen LogP contribution in [0, 0.1) is 0 Å². The van der Waals surface area contributed by atoms with E-state index in [1.807, 2.05) is 18.2 Å². The van der Waals surface area contributed by atoms with Gasteiger partial charge in [-0.3, -0.25) is 14.9 Å². The number of aromatic nitrogens is 3. The summed E-state index contributed by atoms with van der Waals surface area (Å²) in [5, 5.41) is 8.14. The standard InChI is InChI=1S/C13H7N3O/c17-13-7-4-5-14-6-9(7)12-11-8(13)2-1-3-10(11)15-16-12/h1-6H,(H,15,16). The maximum atomic E-state index is 12.3. The molecule has 2 aromatic heterocycles. The van der Waals surface area contributed by atoms with Crippen molar-refractivity contribution in [2.45, 2.75) is 0 Å². The Morgan fingerprint density at radius 3 is 2.94 bits per heavy atom. The van der Waals surface area contributed by atoms with Crippen molar-refractivity contribution in [1.29, 1.82) is 0 Å². The average molecular weight is 221 g/mol. The molecule has 0 atom stereocenters. The molecule has 17 heavy (non-hydrogen) atoms. The van der Waals surface area contributed by atoms with Crippen LogP contribution < -0.4 is 0 Å². The molecule has 0 fully saturated rings. The number of rotatable bonds is 0. The minimum atomic E-state index is 0.0434. The number of hydrogen-bond acceptors (Lipinski definition) is 3. The number of carbonyl (C=O) groups is 1. The van der Waals surface area contributed by atoms with Gasteiger partial charge in [0.25, 0.3) is 0 Å².